The average molecular weight is 485 g/mol. The topological polar surface area (TPSA) is 73.8 Å². The van der Waals surface area contributed by atoms with Crippen LogP contribution in [0.1, 0.15) is 16.8 Å². The monoisotopic (exact) mass is 485 g/mol. The second-order valence-corrected chi connectivity index (χ2v) is 8.57. The summed E-state index contributed by atoms with van der Waals surface area (Å²) in [5, 5.41) is 11.8. The molecule has 1 N–H and O–H groups in total. The van der Waals surface area contributed by atoms with E-state index in [-0.39, 0.29) is 34.9 Å². The van der Waals surface area contributed by atoms with Gasteiger partial charge in [0.05, 0.1) is 12.1 Å². The van der Waals surface area contributed by atoms with Gasteiger partial charge in [-0.15, -0.1) is 0 Å². The fraction of sp³-hybridized carbons (Fsp3) is 0.130. The van der Waals surface area contributed by atoms with Gasteiger partial charge in [0.2, 0.25) is 10.2 Å². The molecule has 0 bridgehead atoms. The number of aromatic nitrogens is 1. The van der Waals surface area contributed by atoms with Gasteiger partial charge in [0.15, 0.2) is 5.84 Å². The summed E-state index contributed by atoms with van der Waals surface area (Å²) in [7, 11) is 0. The number of alkyl halides is 3. The van der Waals surface area contributed by atoms with Crippen LogP contribution < -0.4 is 0 Å². The molecule has 0 aliphatic carbocycles. The molecule has 6 nitrogen and oxygen atoms in total. The van der Waals surface area contributed by atoms with Gasteiger partial charge in [-0.3, -0.25) is 10.2 Å². The lowest BCUT2D eigenvalue weighted by Gasteiger charge is -2.20. The summed E-state index contributed by atoms with van der Waals surface area (Å²) in [6.07, 6.45) is -3.28. The van der Waals surface area contributed by atoms with Crippen molar-refractivity contribution in [1.82, 2.24) is 9.58 Å². The van der Waals surface area contributed by atoms with Gasteiger partial charge in [0, 0.05) is 27.7 Å². The molecule has 2 aliphatic rings. The van der Waals surface area contributed by atoms with Crippen LogP contribution in [0.2, 0.25) is 0 Å². The minimum atomic E-state index is -4.71. The molecule has 2 aromatic carbocycles. The maximum absolute atomic E-state index is 14.3. The summed E-state index contributed by atoms with van der Waals surface area (Å²) >= 11 is 0.202. The SMILES string of the molecule is Cc1c(/C=C2\C(=N)N3N=C(C(F)(F)F)SC3=NC2=O)c2ccccc2n1Cc1ccccc1F. The number of carbonyl (C=O) groups excluding carboxylic acids is 1. The number of para-hydroxylation sites is 1. The van der Waals surface area contributed by atoms with Gasteiger partial charge in [0.1, 0.15) is 5.82 Å². The van der Waals surface area contributed by atoms with Crippen LogP contribution in [0.25, 0.3) is 17.0 Å². The number of nitrogens with one attached hydrogen (secondary N) is 1. The Hall–Kier alpha value is -3.73. The highest BCUT2D eigenvalue weighted by Gasteiger charge is 2.46. The molecule has 3 heterocycles. The van der Waals surface area contributed by atoms with Gasteiger partial charge in [-0.1, -0.05) is 36.4 Å². The lowest BCUT2D eigenvalue weighted by Crippen LogP contribution is -2.35. The molecule has 0 atom stereocenters. The number of nitrogens with zero attached hydrogens (tertiary/aromatic N) is 4. The van der Waals surface area contributed by atoms with Gasteiger partial charge >= 0.3 is 6.18 Å². The molecular weight excluding hydrogens is 470 g/mol. The first-order valence-electron chi connectivity index (χ1n) is 10.0. The van der Waals surface area contributed by atoms with Crippen molar-refractivity contribution in [2.24, 2.45) is 10.1 Å². The number of hydrogen-bond acceptors (Lipinski definition) is 4. The summed E-state index contributed by atoms with van der Waals surface area (Å²) in [5.74, 6) is -1.67. The van der Waals surface area contributed by atoms with E-state index in [1.165, 1.54) is 12.1 Å². The van der Waals surface area contributed by atoms with Gasteiger partial charge in [0.25, 0.3) is 5.91 Å². The van der Waals surface area contributed by atoms with Crippen LogP contribution >= 0.6 is 11.8 Å². The van der Waals surface area contributed by atoms with Crippen LogP contribution in [0.4, 0.5) is 17.6 Å². The summed E-state index contributed by atoms with van der Waals surface area (Å²) in [6, 6.07) is 13.7. The highest BCUT2D eigenvalue weighted by molar-refractivity contribution is 8.27. The van der Waals surface area contributed by atoms with E-state index in [0.717, 1.165) is 10.9 Å². The largest absolute Gasteiger partial charge is 0.441 e. The van der Waals surface area contributed by atoms with Crippen molar-refractivity contribution >= 4 is 50.7 Å². The lowest BCUT2D eigenvalue weighted by molar-refractivity contribution is -0.114. The van der Waals surface area contributed by atoms with Gasteiger partial charge in [-0.25, -0.2) is 4.39 Å². The maximum Gasteiger partial charge on any atom is 0.441 e. The second kappa shape index (κ2) is 7.94. The minimum absolute atomic E-state index is 0.187. The number of fused-ring (bicyclic) bond motifs is 2. The number of aliphatic imine (C=N–C) groups is 1. The van der Waals surface area contributed by atoms with Crippen LogP contribution in [0.15, 0.2) is 64.2 Å². The van der Waals surface area contributed by atoms with Crippen LogP contribution in [-0.4, -0.2) is 37.7 Å². The molecule has 34 heavy (non-hydrogen) atoms. The molecule has 0 saturated heterocycles. The predicted octanol–water partition coefficient (Wildman–Crippen LogP) is 5.32. The second-order valence-electron chi connectivity index (χ2n) is 7.62. The van der Waals surface area contributed by atoms with Gasteiger partial charge in [-0.05, 0) is 36.9 Å². The third kappa shape index (κ3) is 3.61. The highest BCUT2D eigenvalue weighted by Crippen LogP contribution is 2.36. The molecule has 0 radical (unpaired) electrons. The molecule has 172 valence electrons. The van der Waals surface area contributed by atoms with E-state index in [9.17, 15) is 22.4 Å². The first kappa shape index (κ1) is 22.1. The van der Waals surface area contributed by atoms with Crippen LogP contribution in [-0.2, 0) is 11.3 Å². The molecule has 11 heteroatoms. The van der Waals surface area contributed by atoms with E-state index in [0.29, 0.717) is 21.8 Å². The smallest absolute Gasteiger partial charge is 0.340 e. The zero-order chi connectivity index (χ0) is 24.2. The normalized spacial score (nSPS) is 17.4. The quantitative estimate of drug-likeness (QED) is 0.403. The Bertz CT molecular complexity index is 1470. The van der Waals surface area contributed by atoms with Gasteiger partial charge in [-0.2, -0.15) is 28.3 Å². The van der Waals surface area contributed by atoms with Crippen molar-refractivity contribution in [3.63, 3.8) is 0 Å². The number of amides is 1. The Morgan fingerprint density at radius 3 is 2.56 bits per heavy atom. The summed E-state index contributed by atoms with van der Waals surface area (Å²) in [5.41, 5.74) is 2.36. The number of hydrogen-bond donors (Lipinski definition) is 1. The lowest BCUT2D eigenvalue weighted by atomic mass is 10.1. The fourth-order valence-electron chi connectivity index (χ4n) is 3.89. The first-order chi connectivity index (χ1) is 16.1. The molecule has 1 aromatic heterocycles. The fourth-order valence-corrected chi connectivity index (χ4v) is 4.65. The molecule has 0 saturated carbocycles. The number of benzene rings is 2. The minimum Gasteiger partial charge on any atom is -0.340 e. The standard InChI is InChI=1S/C23H15F4N5OS/c1-12-15(10-16-19(28)32-22(29-20(16)33)34-21(30-32)23(25,26)27)14-7-3-5-9-18(14)31(12)11-13-6-2-4-8-17(13)24/h2-10,28H,11H2,1H3/b16-10+,28-19?. The molecule has 0 spiro atoms. The first-order valence-corrected chi connectivity index (χ1v) is 10.9. The Morgan fingerprint density at radius 1 is 1.12 bits per heavy atom. The summed E-state index contributed by atoms with van der Waals surface area (Å²) in [4.78, 5) is 16.4. The van der Waals surface area contributed by atoms with Crippen molar-refractivity contribution < 1.29 is 22.4 Å². The average Bonchev–Trinajstić information content (AvgIpc) is 3.33. The number of rotatable bonds is 3. The van der Waals surface area contributed by atoms with E-state index in [2.05, 4.69) is 10.1 Å². The van der Waals surface area contributed by atoms with E-state index < -0.39 is 23.0 Å². The Morgan fingerprint density at radius 2 is 1.82 bits per heavy atom. The van der Waals surface area contributed by atoms with Crippen molar-refractivity contribution in [3.8, 4) is 0 Å². The summed E-state index contributed by atoms with van der Waals surface area (Å²) in [6.45, 7) is 2.03. The number of amidine groups is 2. The Balaban J connectivity index is 1.61. The maximum atomic E-state index is 14.3. The number of halogens is 4. The van der Waals surface area contributed by atoms with Gasteiger partial charge < -0.3 is 4.57 Å². The molecule has 1 amide bonds. The van der Waals surface area contributed by atoms with Crippen molar-refractivity contribution in [1.29, 1.82) is 5.41 Å². The van der Waals surface area contributed by atoms with Crippen molar-refractivity contribution in [3.05, 3.63) is 76.7 Å². The Labute approximate surface area is 194 Å². The van der Waals surface area contributed by atoms with Crippen molar-refractivity contribution in [2.45, 2.75) is 19.6 Å². The van der Waals surface area contributed by atoms with Crippen LogP contribution in [0, 0.1) is 18.2 Å². The third-order valence-electron chi connectivity index (χ3n) is 5.55. The van der Waals surface area contributed by atoms with E-state index in [1.54, 1.807) is 31.2 Å². The number of thioether (sulfide) groups is 1. The third-order valence-corrected chi connectivity index (χ3v) is 6.50. The van der Waals surface area contributed by atoms with Crippen LogP contribution in [0.3, 0.4) is 0 Å². The Kier molecular flexibility index (Phi) is 5.16. The number of carbonyl (C=O) groups is 1. The zero-order valence-electron chi connectivity index (χ0n) is 17.5. The van der Waals surface area contributed by atoms with E-state index in [4.69, 9.17) is 5.41 Å². The molecule has 2 aliphatic heterocycles. The van der Waals surface area contributed by atoms with E-state index >= 15 is 0 Å². The van der Waals surface area contributed by atoms with Crippen LogP contribution in [0.5, 0.6) is 0 Å². The van der Waals surface area contributed by atoms with Crippen molar-refractivity contribution in [2.75, 3.05) is 0 Å². The molecular formula is C23H15F4N5OS. The molecule has 5 rings (SSSR count). The molecule has 0 unspecified atom stereocenters. The summed E-state index contributed by atoms with van der Waals surface area (Å²) < 4.78 is 55.4. The predicted molar refractivity (Wildman–Crippen MR) is 123 cm³/mol. The number of hydrazone groups is 1. The highest BCUT2D eigenvalue weighted by atomic mass is 32.2. The zero-order valence-corrected chi connectivity index (χ0v) is 18.3. The molecule has 0 fully saturated rings. The van der Waals surface area contributed by atoms with E-state index in [1.807, 2.05) is 22.8 Å². The molecule has 3 aromatic rings.